The van der Waals surface area contributed by atoms with E-state index in [9.17, 15) is 10.1 Å². The monoisotopic (exact) mass is 373 g/mol. The molecule has 2 aliphatic rings. The number of halogens is 1. The highest BCUT2D eigenvalue weighted by Crippen LogP contribution is 2.29. The molecular weight excluding hydrogens is 357 g/mol. The number of nitro groups is 1. The van der Waals surface area contributed by atoms with Gasteiger partial charge in [-0.15, -0.1) is 0 Å². The Morgan fingerprint density at radius 2 is 2.11 bits per heavy atom. The highest BCUT2D eigenvalue weighted by molar-refractivity contribution is 14.1. The molecule has 102 valence electrons. The van der Waals surface area contributed by atoms with Gasteiger partial charge in [-0.2, -0.15) is 0 Å². The van der Waals surface area contributed by atoms with Crippen molar-refractivity contribution in [1.82, 2.24) is 5.32 Å². The maximum absolute atomic E-state index is 10.8. The van der Waals surface area contributed by atoms with E-state index in [1.54, 1.807) is 6.07 Å². The molecule has 5 nitrogen and oxygen atoms in total. The topological polar surface area (TPSA) is 58.4 Å². The fourth-order valence-electron chi connectivity index (χ4n) is 3.02. The fraction of sp³-hybridized carbons (Fsp3) is 0.538. The lowest BCUT2D eigenvalue weighted by molar-refractivity contribution is -0.385. The first kappa shape index (κ1) is 13.1. The van der Waals surface area contributed by atoms with Crippen LogP contribution in [0.25, 0.3) is 0 Å². The molecule has 0 spiro atoms. The van der Waals surface area contributed by atoms with Crippen LogP contribution in [0.1, 0.15) is 19.3 Å². The average Bonchev–Trinajstić information content (AvgIpc) is 2.68. The fourth-order valence-corrected chi connectivity index (χ4v) is 3.71. The summed E-state index contributed by atoms with van der Waals surface area (Å²) in [6, 6.07) is 6.65. The summed E-state index contributed by atoms with van der Waals surface area (Å²) in [5.41, 5.74) is 1.29. The Kier molecular flexibility index (Phi) is 3.62. The second-order valence-corrected chi connectivity index (χ2v) is 6.43. The van der Waals surface area contributed by atoms with Gasteiger partial charge in [0.15, 0.2) is 0 Å². The third-order valence-electron chi connectivity index (χ3n) is 4.02. The number of nitrogens with one attached hydrogen (secondary N) is 1. The molecule has 6 heteroatoms. The first-order chi connectivity index (χ1) is 9.13. The quantitative estimate of drug-likeness (QED) is 0.492. The van der Waals surface area contributed by atoms with Crippen LogP contribution in [0, 0.1) is 13.7 Å². The molecule has 0 aromatic heterocycles. The van der Waals surface area contributed by atoms with E-state index in [0.29, 0.717) is 15.7 Å². The summed E-state index contributed by atoms with van der Waals surface area (Å²) in [6.45, 7) is 2.03. The lowest BCUT2D eigenvalue weighted by Crippen LogP contribution is -2.35. The third-order valence-corrected chi connectivity index (χ3v) is 4.88. The van der Waals surface area contributed by atoms with E-state index in [4.69, 9.17) is 0 Å². The molecule has 19 heavy (non-hydrogen) atoms. The Balaban J connectivity index is 1.82. The van der Waals surface area contributed by atoms with Crippen LogP contribution in [-0.4, -0.2) is 30.1 Å². The normalized spacial score (nSPS) is 26.3. The lowest BCUT2D eigenvalue weighted by Gasteiger charge is -2.26. The lowest BCUT2D eigenvalue weighted by atomic mass is 10.1. The van der Waals surface area contributed by atoms with Crippen molar-refractivity contribution in [2.45, 2.75) is 31.3 Å². The number of rotatable bonds is 2. The zero-order valence-electron chi connectivity index (χ0n) is 10.5. The van der Waals surface area contributed by atoms with Crippen molar-refractivity contribution in [3.05, 3.63) is 31.9 Å². The molecule has 1 aromatic carbocycles. The first-order valence-corrected chi connectivity index (χ1v) is 7.66. The molecule has 2 unspecified atom stereocenters. The molecule has 2 bridgehead atoms. The van der Waals surface area contributed by atoms with E-state index < -0.39 is 0 Å². The number of fused-ring (bicyclic) bond motifs is 2. The van der Waals surface area contributed by atoms with Crippen molar-refractivity contribution in [2.24, 2.45) is 0 Å². The zero-order chi connectivity index (χ0) is 13.4. The number of hydrogen-bond donors (Lipinski definition) is 1. The minimum Gasteiger partial charge on any atom is -0.370 e. The van der Waals surface area contributed by atoms with Crippen LogP contribution in [0.3, 0.4) is 0 Å². The third kappa shape index (κ3) is 2.69. The van der Waals surface area contributed by atoms with Crippen LogP contribution in [0.4, 0.5) is 11.4 Å². The Hall–Kier alpha value is -0.890. The van der Waals surface area contributed by atoms with Gasteiger partial charge in [0.05, 0.1) is 8.49 Å². The summed E-state index contributed by atoms with van der Waals surface area (Å²) in [7, 11) is 0. The predicted molar refractivity (Wildman–Crippen MR) is 82.6 cm³/mol. The van der Waals surface area contributed by atoms with Gasteiger partial charge in [0.1, 0.15) is 0 Å². The van der Waals surface area contributed by atoms with Gasteiger partial charge in [-0.25, -0.2) is 0 Å². The molecule has 2 saturated heterocycles. The highest BCUT2D eigenvalue weighted by atomic mass is 127. The smallest absolute Gasteiger partial charge is 0.282 e. The molecule has 1 aromatic rings. The maximum Gasteiger partial charge on any atom is 0.282 e. The summed E-state index contributed by atoms with van der Waals surface area (Å²) >= 11 is 2.05. The molecule has 1 N–H and O–H groups in total. The number of nitro benzene ring substituents is 1. The largest absolute Gasteiger partial charge is 0.370 e. The van der Waals surface area contributed by atoms with Gasteiger partial charge >= 0.3 is 0 Å². The summed E-state index contributed by atoms with van der Waals surface area (Å²) in [6.07, 6.45) is 3.69. The molecule has 3 rings (SSSR count). The predicted octanol–water partition coefficient (Wildman–Crippen LogP) is 2.53. The van der Waals surface area contributed by atoms with Gasteiger partial charge in [-0.1, -0.05) is 0 Å². The van der Waals surface area contributed by atoms with E-state index in [2.05, 4.69) is 10.2 Å². The van der Waals surface area contributed by atoms with Crippen molar-refractivity contribution in [3.63, 3.8) is 0 Å². The molecule has 2 aliphatic heterocycles. The van der Waals surface area contributed by atoms with Crippen molar-refractivity contribution in [3.8, 4) is 0 Å². The second kappa shape index (κ2) is 5.24. The van der Waals surface area contributed by atoms with E-state index in [1.165, 1.54) is 12.8 Å². The molecule has 0 aliphatic carbocycles. The molecule has 0 radical (unpaired) electrons. The van der Waals surface area contributed by atoms with Crippen LogP contribution in [-0.2, 0) is 0 Å². The van der Waals surface area contributed by atoms with E-state index >= 15 is 0 Å². The number of benzene rings is 1. The molecular formula is C13H16IN3O2. The van der Waals surface area contributed by atoms with E-state index in [0.717, 1.165) is 25.2 Å². The first-order valence-electron chi connectivity index (χ1n) is 6.58. The maximum atomic E-state index is 10.8. The molecule has 0 saturated carbocycles. The molecule has 0 amide bonds. The van der Waals surface area contributed by atoms with Gasteiger partial charge in [0.2, 0.25) is 0 Å². The van der Waals surface area contributed by atoms with Gasteiger partial charge in [0.25, 0.3) is 5.69 Å². The van der Waals surface area contributed by atoms with E-state index in [-0.39, 0.29) is 10.6 Å². The van der Waals surface area contributed by atoms with Gasteiger partial charge in [-0.05, 0) is 54.0 Å². The number of hydrogen-bond acceptors (Lipinski definition) is 4. The molecule has 2 heterocycles. The highest BCUT2D eigenvalue weighted by Gasteiger charge is 2.29. The van der Waals surface area contributed by atoms with Crippen molar-refractivity contribution >= 4 is 34.0 Å². The summed E-state index contributed by atoms with van der Waals surface area (Å²) in [5.74, 6) is 0. The summed E-state index contributed by atoms with van der Waals surface area (Å²) < 4.78 is 0.711. The van der Waals surface area contributed by atoms with Crippen LogP contribution in [0.5, 0.6) is 0 Å². The van der Waals surface area contributed by atoms with Gasteiger partial charge in [-0.3, -0.25) is 10.1 Å². The number of anilines is 1. The minimum absolute atomic E-state index is 0.193. The van der Waals surface area contributed by atoms with Crippen molar-refractivity contribution in [2.75, 3.05) is 18.0 Å². The van der Waals surface area contributed by atoms with Gasteiger partial charge in [0, 0.05) is 36.9 Å². The molecule has 2 fully saturated rings. The Morgan fingerprint density at radius 3 is 2.84 bits per heavy atom. The van der Waals surface area contributed by atoms with Crippen molar-refractivity contribution < 1.29 is 4.92 Å². The molecule has 2 atom stereocenters. The minimum atomic E-state index is -0.322. The average molecular weight is 373 g/mol. The number of nitrogens with zero attached hydrogens (tertiary/aromatic N) is 2. The van der Waals surface area contributed by atoms with Crippen molar-refractivity contribution in [1.29, 1.82) is 0 Å². The second-order valence-electron chi connectivity index (χ2n) is 5.27. The summed E-state index contributed by atoms with van der Waals surface area (Å²) in [4.78, 5) is 12.9. The summed E-state index contributed by atoms with van der Waals surface area (Å²) in [5, 5.41) is 14.5. The standard InChI is InChI=1S/C13H16IN3O2/c14-12-7-11(3-4-13(12)17(18)19)16-6-5-9-1-2-10(8-16)15-9/h3-4,7,9-10,15H,1-2,5-6,8H2. The van der Waals surface area contributed by atoms with Crippen LogP contribution in [0.15, 0.2) is 18.2 Å². The Labute approximate surface area is 125 Å². The Morgan fingerprint density at radius 1 is 1.32 bits per heavy atom. The Bertz CT molecular complexity index is 509. The van der Waals surface area contributed by atoms with E-state index in [1.807, 2.05) is 34.7 Å². The van der Waals surface area contributed by atoms with Crippen LogP contribution < -0.4 is 10.2 Å². The SMILES string of the molecule is O=[N+]([O-])c1ccc(N2CCC3CCC(C2)N3)cc1I. The zero-order valence-corrected chi connectivity index (χ0v) is 12.7. The van der Waals surface area contributed by atoms with Crippen LogP contribution in [0.2, 0.25) is 0 Å². The van der Waals surface area contributed by atoms with Crippen LogP contribution >= 0.6 is 22.6 Å². The van der Waals surface area contributed by atoms with Gasteiger partial charge < -0.3 is 10.2 Å².